The molecule has 20 nitrogen and oxygen atoms in total. The summed E-state index contributed by atoms with van der Waals surface area (Å²) in [5, 5.41) is 112. The number of hydrogen-bond acceptors (Lipinski definition) is 20. The Balaban J connectivity index is 0.000000201. The van der Waals surface area contributed by atoms with Crippen LogP contribution in [0.25, 0.3) is 21.5 Å². The lowest BCUT2D eigenvalue weighted by Gasteiger charge is -2.33. The molecule has 1 fully saturated rings. The maximum absolute atomic E-state index is 13.2. The van der Waals surface area contributed by atoms with Crippen molar-refractivity contribution in [2.24, 2.45) is 16.2 Å². The van der Waals surface area contributed by atoms with Gasteiger partial charge in [0.05, 0.1) is 28.4 Å². The molecule has 10 aromatic carbocycles. The van der Waals surface area contributed by atoms with Crippen LogP contribution in [0.3, 0.4) is 0 Å². The van der Waals surface area contributed by atoms with Gasteiger partial charge in [-0.1, -0.05) is 162 Å². The van der Waals surface area contributed by atoms with Gasteiger partial charge in [0.25, 0.3) is 0 Å². The summed E-state index contributed by atoms with van der Waals surface area (Å²) in [4.78, 5) is 49.4. The summed E-state index contributed by atoms with van der Waals surface area (Å²) in [6.45, 7) is 28.8. The van der Waals surface area contributed by atoms with Gasteiger partial charge in [0.1, 0.15) is 61.6 Å². The van der Waals surface area contributed by atoms with Crippen LogP contribution in [0.5, 0.6) is 57.5 Å². The molecule has 0 bridgehead atoms. The zero-order valence-electron chi connectivity index (χ0n) is 68.2. The number of aliphatic hydroxyl groups is 1. The quantitative estimate of drug-likeness (QED) is 0.00832. The van der Waals surface area contributed by atoms with E-state index in [2.05, 4.69) is 30.3 Å². The summed E-state index contributed by atoms with van der Waals surface area (Å²) in [7, 11) is 0. The van der Waals surface area contributed by atoms with Crippen LogP contribution in [0.4, 0.5) is 0 Å². The molecule has 1 heterocycles. The topological polar surface area (TPSA) is 340 Å². The predicted octanol–water partition coefficient (Wildman–Crippen LogP) is 18.1. The van der Waals surface area contributed by atoms with Crippen LogP contribution < -0.4 is 0 Å². The Morgan fingerprint density at radius 1 is 0.430 bits per heavy atom. The molecule has 114 heavy (non-hydrogen) atoms. The Morgan fingerprint density at radius 3 is 1.54 bits per heavy atom. The second kappa shape index (κ2) is 40.3. The number of carbonyl (C=O) groups is 4. The lowest BCUT2D eigenvalue weighted by Crippen LogP contribution is -2.39. The zero-order chi connectivity index (χ0) is 84.1. The van der Waals surface area contributed by atoms with Crippen molar-refractivity contribution in [2.75, 3.05) is 26.4 Å². The summed E-state index contributed by atoms with van der Waals surface area (Å²) < 4.78 is 26.3. The van der Waals surface area contributed by atoms with Crippen LogP contribution in [0, 0.1) is 50.9 Å². The van der Waals surface area contributed by atoms with Crippen molar-refractivity contribution in [3.8, 4) is 57.5 Å². The van der Waals surface area contributed by atoms with Crippen LogP contribution in [0.2, 0.25) is 0 Å². The number of aryl methyl sites for hydroxylation is 7. The predicted molar refractivity (Wildman–Crippen MR) is 442 cm³/mol. The van der Waals surface area contributed by atoms with E-state index in [-0.39, 0.29) is 78.8 Å². The number of aromatic hydroxyl groups is 10. The first-order valence-corrected chi connectivity index (χ1v) is 38.5. The highest BCUT2D eigenvalue weighted by Gasteiger charge is 2.44. The monoisotopic (exact) mass is 1560 g/mol. The average Bonchev–Trinajstić information content (AvgIpc) is 0.979. The number of ether oxygens (including phenoxy) is 5. The van der Waals surface area contributed by atoms with E-state index < -0.39 is 40.0 Å². The first-order valence-electron chi connectivity index (χ1n) is 38.5. The fourth-order valence-corrected chi connectivity index (χ4v) is 12.9. The maximum Gasteiger partial charge on any atom is 0.338 e. The number of phenols is 10. The van der Waals surface area contributed by atoms with E-state index in [1.165, 1.54) is 18.2 Å². The number of phenolic OH excluding ortho intramolecular Hbond substituents is 10. The molecule has 3 unspecified atom stereocenters. The zero-order valence-corrected chi connectivity index (χ0v) is 68.2. The lowest BCUT2D eigenvalue weighted by atomic mass is 9.72. The van der Waals surface area contributed by atoms with E-state index in [9.17, 15) is 70.2 Å². The van der Waals surface area contributed by atoms with Crippen LogP contribution in [0.15, 0.2) is 158 Å². The molecule has 11 N–H and O–H groups in total. The van der Waals surface area contributed by atoms with Gasteiger partial charge in [-0.05, 0) is 232 Å². The third kappa shape index (κ3) is 24.0. The molecule has 608 valence electrons. The molecule has 0 amide bonds. The summed E-state index contributed by atoms with van der Waals surface area (Å²) in [6, 6.07) is 47.8. The van der Waals surface area contributed by atoms with Gasteiger partial charge in [-0.3, -0.25) is 14.4 Å². The first kappa shape index (κ1) is 89.7. The number of aliphatic hydroxyl groups excluding tert-OH is 1. The molecule has 0 aromatic heterocycles. The standard InChI is InChI=1S/C28H32O5.C18H22O2.C16H22O7.C16H18O4.C16H18O2/c1-5-28(4,26(30)32-16-21-15-31-21)18-27(2,3)25(29)33-17-24-22-12-8-6-10-19(22)14-20-11-7-9-13-23(20)24;1-5-14-8-11(2)9-16(18(14)20)10-15-7-6-12(3)13(4)17(15)19;1-4-16(2,3)15(21)23-9-11(17)8-22-14(20)10-5-6-12(18)13(19)7-10;1-3-11-6-10(8-14(18)15(11)19)7-12-4-9(2)5-13(17)16(12)20;1-3-12-7-5-9-14(16(12)18)10-13-8-4-6-11(2)15(13)17/h6-14,21H,5,15-18H2,1-4H3;6-9,19-20H,5,10H2,1-4H3;5-7,11,17-19H,4,8-9H2,1-3H3;4-6,8,17-20H,3,7H2,1-2H3;4-9,17-18H,3,10H2,1-2H3. The van der Waals surface area contributed by atoms with Crippen LogP contribution in [0.1, 0.15) is 182 Å². The number of epoxide rings is 1. The van der Waals surface area contributed by atoms with Crippen molar-refractivity contribution in [3.63, 3.8) is 0 Å². The molecule has 0 radical (unpaired) electrons. The molecular formula is C94H112O20. The van der Waals surface area contributed by atoms with Crippen molar-refractivity contribution in [1.82, 2.24) is 0 Å². The van der Waals surface area contributed by atoms with Crippen LogP contribution in [-0.2, 0) is 83.2 Å². The smallest absolute Gasteiger partial charge is 0.338 e. The van der Waals surface area contributed by atoms with Gasteiger partial charge in [0.2, 0.25) is 0 Å². The number of benzene rings is 10. The fourth-order valence-electron chi connectivity index (χ4n) is 12.9. The minimum absolute atomic E-state index is 0.0172. The molecule has 1 saturated heterocycles. The number of rotatable bonds is 25. The molecule has 0 aliphatic carbocycles. The molecule has 11 rings (SSSR count). The van der Waals surface area contributed by atoms with Gasteiger partial charge in [-0.25, -0.2) is 4.79 Å². The number of esters is 4. The van der Waals surface area contributed by atoms with E-state index in [0.29, 0.717) is 85.7 Å². The van der Waals surface area contributed by atoms with Crippen molar-refractivity contribution in [3.05, 3.63) is 247 Å². The average molecular weight is 1560 g/mol. The van der Waals surface area contributed by atoms with Gasteiger partial charge in [0, 0.05) is 30.4 Å². The van der Waals surface area contributed by atoms with Crippen molar-refractivity contribution in [1.29, 1.82) is 0 Å². The molecule has 3 atom stereocenters. The number of hydrogen-bond donors (Lipinski definition) is 11. The minimum Gasteiger partial charge on any atom is -0.507 e. The van der Waals surface area contributed by atoms with Crippen molar-refractivity contribution >= 4 is 45.4 Å². The van der Waals surface area contributed by atoms with Gasteiger partial charge >= 0.3 is 23.9 Å². The Kier molecular flexibility index (Phi) is 31.7. The molecular weight excluding hydrogens is 1450 g/mol. The van der Waals surface area contributed by atoms with Crippen LogP contribution in [-0.4, -0.2) is 119 Å². The highest BCUT2D eigenvalue weighted by Crippen LogP contribution is 2.42. The number of fused-ring (bicyclic) bond motifs is 2. The van der Waals surface area contributed by atoms with Gasteiger partial charge < -0.3 is 79.9 Å². The van der Waals surface area contributed by atoms with Gasteiger partial charge in [-0.2, -0.15) is 0 Å². The largest absolute Gasteiger partial charge is 0.507 e. The SMILES string of the molecule is CCC(C)(C)C(=O)OCC(O)COC(=O)c1ccc(O)c(O)c1.CCC(C)(CC(C)(C)C(=O)OCc1c2ccccc2cc2ccccc12)C(=O)OCC1CO1.CCc1cc(C)cc(Cc2ccc(C)c(C)c2O)c1O.CCc1cc(Cc2cc(C)cc(O)c2O)cc(O)c1O.CCc1cccc(Cc2cccc(C)c2O)c1O. The van der Waals surface area contributed by atoms with Gasteiger partial charge in [0.15, 0.2) is 34.5 Å². The summed E-state index contributed by atoms with van der Waals surface area (Å²) >= 11 is 0. The highest BCUT2D eigenvalue weighted by atomic mass is 16.6. The Morgan fingerprint density at radius 2 is 0.939 bits per heavy atom. The van der Waals surface area contributed by atoms with Gasteiger partial charge in [-0.15, -0.1) is 0 Å². The van der Waals surface area contributed by atoms with E-state index in [0.717, 1.165) is 119 Å². The molecule has 1 aliphatic heterocycles. The Hall–Kier alpha value is -11.5. The summed E-state index contributed by atoms with van der Waals surface area (Å²) in [6.07, 6.45) is 4.05. The normalized spacial score (nSPS) is 13.0. The van der Waals surface area contributed by atoms with E-state index in [1.54, 1.807) is 26.0 Å². The lowest BCUT2D eigenvalue weighted by molar-refractivity contribution is -0.164. The second-order valence-electron chi connectivity index (χ2n) is 30.7. The third-order valence-corrected chi connectivity index (χ3v) is 20.7. The Bertz CT molecular complexity index is 4960. The maximum atomic E-state index is 13.2. The van der Waals surface area contributed by atoms with E-state index in [4.69, 9.17) is 28.8 Å². The molecule has 20 heteroatoms. The first-order chi connectivity index (χ1) is 53.9. The second-order valence-corrected chi connectivity index (χ2v) is 30.7. The van der Waals surface area contributed by atoms with Crippen LogP contribution >= 0.6 is 0 Å². The van der Waals surface area contributed by atoms with E-state index >= 15 is 0 Å². The van der Waals surface area contributed by atoms with E-state index in [1.807, 2.05) is 175 Å². The highest BCUT2D eigenvalue weighted by molar-refractivity contribution is 6.02. The fraction of sp³-hybridized carbons (Fsp3) is 0.362. The number of para-hydroxylation sites is 2. The molecule has 0 saturated carbocycles. The third-order valence-electron chi connectivity index (χ3n) is 20.7. The number of carbonyl (C=O) groups excluding carboxylic acids is 4. The minimum atomic E-state index is -1.15. The Labute approximate surface area is 668 Å². The molecule has 1 aliphatic rings. The van der Waals surface area contributed by atoms with Crippen molar-refractivity contribution in [2.45, 2.75) is 180 Å². The summed E-state index contributed by atoms with van der Waals surface area (Å²) in [5.74, 6) is -1.85. The van der Waals surface area contributed by atoms with Crippen molar-refractivity contribution < 1.29 is 99.0 Å². The summed E-state index contributed by atoms with van der Waals surface area (Å²) in [5.41, 5.74) is 10.9. The molecule has 0 spiro atoms. The molecule has 10 aromatic rings.